The molecule has 2 aliphatic rings. The van der Waals surface area contributed by atoms with E-state index in [4.69, 9.17) is 14.2 Å². The van der Waals surface area contributed by atoms with Gasteiger partial charge in [-0.1, -0.05) is 25.0 Å². The number of methoxy groups -OCH3 is 1. The lowest BCUT2D eigenvalue weighted by Crippen LogP contribution is -2.48. The van der Waals surface area contributed by atoms with Crippen molar-refractivity contribution >= 4 is 0 Å². The molecule has 3 unspecified atom stereocenters. The van der Waals surface area contributed by atoms with Crippen LogP contribution in [0, 0.1) is 5.92 Å². The van der Waals surface area contributed by atoms with Gasteiger partial charge in [0, 0.05) is 12.0 Å². The quantitative estimate of drug-likeness (QED) is 0.897. The zero-order valence-corrected chi connectivity index (χ0v) is 14.7. The predicted molar refractivity (Wildman–Crippen MR) is 91.4 cm³/mol. The van der Waals surface area contributed by atoms with Crippen molar-refractivity contribution in [1.29, 1.82) is 0 Å². The van der Waals surface area contributed by atoms with Crippen LogP contribution in [0.2, 0.25) is 0 Å². The third-order valence-corrected chi connectivity index (χ3v) is 5.21. The van der Waals surface area contributed by atoms with Gasteiger partial charge in [-0.25, -0.2) is 0 Å². The Balaban J connectivity index is 1.99. The van der Waals surface area contributed by atoms with E-state index in [2.05, 4.69) is 31.1 Å². The molecule has 1 fully saturated rings. The van der Waals surface area contributed by atoms with Crippen LogP contribution in [0.4, 0.5) is 0 Å². The van der Waals surface area contributed by atoms with Gasteiger partial charge < -0.3 is 24.2 Å². The highest BCUT2D eigenvalue weighted by atomic mass is 16.7. The van der Waals surface area contributed by atoms with Gasteiger partial charge >= 0.3 is 0 Å². The second kappa shape index (κ2) is 7.03. The standard InChI is InChI=1S/C19H27NO4/c1-20(2)18(14-7-6-8-15(11-14)22-3)16-9-4-5-10-19(16,21)17-12-23-13-24-17/h6-8,11-12,16,18,21H,4-5,9-10,13H2,1-3H3. The highest BCUT2D eigenvalue weighted by Crippen LogP contribution is 2.48. The molecule has 5 heteroatoms. The normalized spacial score (nSPS) is 28.0. The van der Waals surface area contributed by atoms with E-state index in [1.807, 2.05) is 12.1 Å². The summed E-state index contributed by atoms with van der Waals surface area (Å²) in [5.74, 6) is 1.43. The van der Waals surface area contributed by atoms with E-state index in [9.17, 15) is 5.11 Å². The molecule has 0 radical (unpaired) electrons. The average Bonchev–Trinajstić information content (AvgIpc) is 3.12. The Morgan fingerprint density at radius 2 is 2.17 bits per heavy atom. The van der Waals surface area contributed by atoms with Crippen LogP contribution in [-0.2, 0) is 9.47 Å². The molecule has 0 aromatic heterocycles. The maximum atomic E-state index is 11.5. The number of benzene rings is 1. The zero-order chi connectivity index (χ0) is 17.2. The van der Waals surface area contributed by atoms with Crippen LogP contribution in [0.5, 0.6) is 5.75 Å². The van der Waals surface area contributed by atoms with Gasteiger partial charge in [-0.2, -0.15) is 0 Å². The van der Waals surface area contributed by atoms with Crippen LogP contribution in [0.3, 0.4) is 0 Å². The van der Waals surface area contributed by atoms with Crippen LogP contribution in [-0.4, -0.2) is 43.6 Å². The lowest BCUT2D eigenvalue weighted by molar-refractivity contribution is -0.0856. The molecule has 0 saturated heterocycles. The van der Waals surface area contributed by atoms with Crippen molar-refractivity contribution in [2.75, 3.05) is 28.0 Å². The molecule has 1 heterocycles. The third kappa shape index (κ3) is 3.10. The Kier molecular flexibility index (Phi) is 5.01. The molecule has 1 aliphatic heterocycles. The number of rotatable bonds is 5. The van der Waals surface area contributed by atoms with Gasteiger partial charge in [0.15, 0.2) is 5.76 Å². The first-order chi connectivity index (χ1) is 11.6. The van der Waals surface area contributed by atoms with E-state index in [0.717, 1.165) is 30.6 Å². The minimum absolute atomic E-state index is 0.0290. The molecule has 1 saturated carbocycles. The molecule has 0 bridgehead atoms. The summed E-state index contributed by atoms with van der Waals surface area (Å²) in [6.07, 6.45) is 5.32. The molecule has 0 spiro atoms. The van der Waals surface area contributed by atoms with Crippen LogP contribution >= 0.6 is 0 Å². The summed E-state index contributed by atoms with van der Waals surface area (Å²) in [4.78, 5) is 2.17. The van der Waals surface area contributed by atoms with Gasteiger partial charge in [0.2, 0.25) is 6.79 Å². The molecule has 1 N–H and O–H groups in total. The summed E-state index contributed by atoms with van der Waals surface area (Å²) in [5, 5.41) is 11.5. The van der Waals surface area contributed by atoms with Crippen molar-refractivity contribution in [2.24, 2.45) is 5.92 Å². The highest BCUT2D eigenvalue weighted by molar-refractivity contribution is 5.32. The molecule has 3 rings (SSSR count). The van der Waals surface area contributed by atoms with Crippen molar-refractivity contribution in [3.05, 3.63) is 41.9 Å². The lowest BCUT2D eigenvalue weighted by Gasteiger charge is -2.45. The number of hydrogen-bond acceptors (Lipinski definition) is 5. The van der Waals surface area contributed by atoms with Gasteiger partial charge in [-0.3, -0.25) is 0 Å². The van der Waals surface area contributed by atoms with Crippen molar-refractivity contribution in [3.63, 3.8) is 0 Å². The van der Waals surface area contributed by atoms with Gasteiger partial charge in [-0.05, 0) is 44.6 Å². The molecular weight excluding hydrogens is 306 g/mol. The Bertz CT molecular complexity index is 601. The number of ether oxygens (including phenoxy) is 3. The predicted octanol–water partition coefficient (Wildman–Crippen LogP) is 3.06. The molecule has 1 aromatic carbocycles. The van der Waals surface area contributed by atoms with Gasteiger partial charge in [0.25, 0.3) is 0 Å². The summed E-state index contributed by atoms with van der Waals surface area (Å²) in [5.41, 5.74) is 0.149. The van der Waals surface area contributed by atoms with E-state index < -0.39 is 5.60 Å². The van der Waals surface area contributed by atoms with E-state index in [0.29, 0.717) is 12.2 Å². The minimum Gasteiger partial charge on any atom is -0.497 e. The summed E-state index contributed by atoms with van der Waals surface area (Å²) in [7, 11) is 5.79. The zero-order valence-electron chi connectivity index (χ0n) is 14.7. The highest BCUT2D eigenvalue weighted by Gasteiger charge is 2.49. The first-order valence-electron chi connectivity index (χ1n) is 8.54. The van der Waals surface area contributed by atoms with Gasteiger partial charge in [0.1, 0.15) is 17.6 Å². The first-order valence-corrected chi connectivity index (χ1v) is 8.54. The molecule has 1 aliphatic carbocycles. The molecule has 24 heavy (non-hydrogen) atoms. The van der Waals surface area contributed by atoms with Gasteiger partial charge in [-0.15, -0.1) is 0 Å². The summed E-state index contributed by atoms with van der Waals surface area (Å²) >= 11 is 0. The monoisotopic (exact) mass is 333 g/mol. The Labute approximate surface area is 143 Å². The van der Waals surface area contributed by atoms with Crippen molar-refractivity contribution in [2.45, 2.75) is 37.3 Å². The fraction of sp³-hybridized carbons (Fsp3) is 0.579. The molecule has 3 atom stereocenters. The lowest BCUT2D eigenvalue weighted by atomic mass is 9.69. The molecular formula is C19H27NO4. The number of aliphatic hydroxyl groups is 1. The first kappa shape index (κ1) is 17.1. The summed E-state index contributed by atoms with van der Waals surface area (Å²) in [6.45, 7) is 0.191. The minimum atomic E-state index is -0.993. The topological polar surface area (TPSA) is 51.2 Å². The fourth-order valence-electron chi connectivity index (χ4n) is 4.09. The Morgan fingerprint density at radius 3 is 2.83 bits per heavy atom. The van der Waals surface area contributed by atoms with Crippen molar-refractivity contribution < 1.29 is 19.3 Å². The van der Waals surface area contributed by atoms with Crippen LogP contribution < -0.4 is 4.74 Å². The molecule has 0 amide bonds. The largest absolute Gasteiger partial charge is 0.497 e. The second-order valence-electron chi connectivity index (χ2n) is 6.87. The van der Waals surface area contributed by atoms with Crippen molar-refractivity contribution in [1.82, 2.24) is 4.90 Å². The smallest absolute Gasteiger partial charge is 0.230 e. The third-order valence-electron chi connectivity index (χ3n) is 5.21. The van der Waals surface area contributed by atoms with Crippen molar-refractivity contribution in [3.8, 4) is 5.75 Å². The van der Waals surface area contributed by atoms with Gasteiger partial charge in [0.05, 0.1) is 7.11 Å². The second-order valence-corrected chi connectivity index (χ2v) is 6.87. The average molecular weight is 333 g/mol. The summed E-state index contributed by atoms with van der Waals surface area (Å²) < 4.78 is 16.2. The van der Waals surface area contributed by atoms with Crippen LogP contribution in [0.1, 0.15) is 37.3 Å². The maximum absolute atomic E-state index is 11.5. The van der Waals surface area contributed by atoms with E-state index in [-0.39, 0.29) is 18.8 Å². The number of nitrogens with zero attached hydrogens (tertiary/aromatic N) is 1. The fourth-order valence-corrected chi connectivity index (χ4v) is 4.09. The van der Waals surface area contributed by atoms with Crippen LogP contribution in [0.25, 0.3) is 0 Å². The van der Waals surface area contributed by atoms with Crippen LogP contribution in [0.15, 0.2) is 36.3 Å². The van der Waals surface area contributed by atoms with E-state index in [1.165, 1.54) is 0 Å². The molecule has 132 valence electrons. The molecule has 5 nitrogen and oxygen atoms in total. The Morgan fingerprint density at radius 1 is 1.33 bits per heavy atom. The number of hydrogen-bond donors (Lipinski definition) is 1. The Hall–Kier alpha value is -1.72. The van der Waals surface area contributed by atoms with E-state index in [1.54, 1.807) is 13.4 Å². The maximum Gasteiger partial charge on any atom is 0.230 e. The SMILES string of the molecule is COc1cccc(C(C2CCCCC2(O)C2=COCO2)N(C)C)c1. The van der Waals surface area contributed by atoms with E-state index >= 15 is 0 Å². The summed E-state index contributed by atoms with van der Waals surface area (Å²) in [6, 6.07) is 8.17. The molecule has 1 aromatic rings.